The van der Waals surface area contributed by atoms with Crippen LogP contribution in [0.5, 0.6) is 0 Å². The number of thiazole rings is 1. The van der Waals surface area contributed by atoms with E-state index in [-0.39, 0.29) is 0 Å². The number of aromatic nitrogens is 2. The molecule has 3 heterocycles. The molecule has 0 amide bonds. The SMILES string of the molecule is CN=C(NCc1coc(-c2cccs2)n1)NCc1nc(C)c(C)s1. The van der Waals surface area contributed by atoms with E-state index < -0.39 is 0 Å². The average Bonchev–Trinajstić information content (AvgIpc) is 3.30. The van der Waals surface area contributed by atoms with Gasteiger partial charge in [-0.2, -0.15) is 0 Å². The van der Waals surface area contributed by atoms with E-state index in [0.717, 1.165) is 21.3 Å². The van der Waals surface area contributed by atoms with Gasteiger partial charge in [0.1, 0.15) is 11.3 Å². The second kappa shape index (κ2) is 7.59. The monoisotopic (exact) mass is 361 g/mol. The summed E-state index contributed by atoms with van der Waals surface area (Å²) in [6, 6.07) is 3.97. The Kier molecular flexibility index (Phi) is 5.27. The molecule has 3 rings (SSSR count). The summed E-state index contributed by atoms with van der Waals surface area (Å²) in [4.78, 5) is 15.5. The Balaban J connectivity index is 1.52. The molecule has 0 spiro atoms. The Bertz CT molecular complexity index is 800. The van der Waals surface area contributed by atoms with Crippen molar-refractivity contribution in [2.45, 2.75) is 26.9 Å². The average molecular weight is 361 g/mol. The Hall–Kier alpha value is -2.19. The molecule has 0 fully saturated rings. The third kappa shape index (κ3) is 4.01. The van der Waals surface area contributed by atoms with Crippen molar-refractivity contribution < 1.29 is 4.42 Å². The minimum absolute atomic E-state index is 0.546. The van der Waals surface area contributed by atoms with Crippen molar-refractivity contribution in [3.05, 3.63) is 45.0 Å². The van der Waals surface area contributed by atoms with Crippen LogP contribution in [0.2, 0.25) is 0 Å². The van der Waals surface area contributed by atoms with Gasteiger partial charge in [-0.15, -0.1) is 22.7 Å². The van der Waals surface area contributed by atoms with E-state index in [1.807, 2.05) is 24.4 Å². The molecule has 2 N–H and O–H groups in total. The Morgan fingerprint density at radius 3 is 2.75 bits per heavy atom. The first kappa shape index (κ1) is 16.7. The summed E-state index contributed by atoms with van der Waals surface area (Å²) in [6.07, 6.45) is 1.67. The molecular formula is C16H19N5OS2. The smallest absolute Gasteiger partial charge is 0.236 e. The molecule has 0 aromatic carbocycles. The summed E-state index contributed by atoms with van der Waals surface area (Å²) < 4.78 is 5.51. The molecule has 3 aromatic rings. The van der Waals surface area contributed by atoms with E-state index in [0.29, 0.717) is 24.9 Å². The number of nitrogens with zero attached hydrogens (tertiary/aromatic N) is 3. The third-order valence-corrected chi connectivity index (χ3v) is 5.35. The molecule has 3 aromatic heterocycles. The summed E-state index contributed by atoms with van der Waals surface area (Å²) in [5.74, 6) is 1.36. The molecule has 24 heavy (non-hydrogen) atoms. The first-order valence-corrected chi connectivity index (χ1v) is 9.21. The van der Waals surface area contributed by atoms with E-state index in [1.54, 1.807) is 36.0 Å². The zero-order valence-electron chi connectivity index (χ0n) is 13.8. The lowest BCUT2D eigenvalue weighted by Gasteiger charge is -2.09. The van der Waals surface area contributed by atoms with Gasteiger partial charge in [0.25, 0.3) is 0 Å². The molecule has 126 valence electrons. The van der Waals surface area contributed by atoms with Crippen LogP contribution in [0.15, 0.2) is 33.2 Å². The van der Waals surface area contributed by atoms with Crippen LogP contribution in [-0.4, -0.2) is 23.0 Å². The third-order valence-electron chi connectivity index (χ3n) is 3.42. The van der Waals surface area contributed by atoms with Crippen molar-refractivity contribution in [2.24, 2.45) is 4.99 Å². The largest absolute Gasteiger partial charge is 0.443 e. The molecule has 0 aliphatic rings. The number of rotatable bonds is 5. The van der Waals surface area contributed by atoms with Crippen molar-refractivity contribution in [2.75, 3.05) is 7.05 Å². The highest BCUT2D eigenvalue weighted by molar-refractivity contribution is 7.13. The van der Waals surface area contributed by atoms with Crippen LogP contribution in [0.25, 0.3) is 10.8 Å². The first-order chi connectivity index (χ1) is 11.7. The quantitative estimate of drug-likeness (QED) is 0.538. The van der Waals surface area contributed by atoms with Crippen molar-refractivity contribution in [3.63, 3.8) is 0 Å². The molecule has 6 nitrogen and oxygen atoms in total. The number of oxazole rings is 1. The van der Waals surface area contributed by atoms with E-state index in [4.69, 9.17) is 4.42 Å². The van der Waals surface area contributed by atoms with E-state index in [9.17, 15) is 0 Å². The van der Waals surface area contributed by atoms with Gasteiger partial charge in [0, 0.05) is 11.9 Å². The van der Waals surface area contributed by atoms with Gasteiger partial charge < -0.3 is 15.1 Å². The van der Waals surface area contributed by atoms with Gasteiger partial charge >= 0.3 is 0 Å². The number of thiophene rings is 1. The molecule has 0 unspecified atom stereocenters. The number of aliphatic imine (C=N–C) groups is 1. The number of aryl methyl sites for hydroxylation is 2. The van der Waals surface area contributed by atoms with Crippen molar-refractivity contribution >= 4 is 28.6 Å². The van der Waals surface area contributed by atoms with Crippen LogP contribution in [0.3, 0.4) is 0 Å². The lowest BCUT2D eigenvalue weighted by atomic mass is 10.4. The lowest BCUT2D eigenvalue weighted by molar-refractivity contribution is 0.573. The number of hydrogen-bond acceptors (Lipinski definition) is 6. The summed E-state index contributed by atoms with van der Waals surface area (Å²) in [7, 11) is 1.74. The van der Waals surface area contributed by atoms with Gasteiger partial charge in [-0.1, -0.05) is 6.07 Å². The van der Waals surface area contributed by atoms with Gasteiger partial charge in [0.15, 0.2) is 5.96 Å². The highest BCUT2D eigenvalue weighted by Crippen LogP contribution is 2.23. The van der Waals surface area contributed by atoms with Crippen molar-refractivity contribution in [3.8, 4) is 10.8 Å². The highest BCUT2D eigenvalue weighted by Gasteiger charge is 2.09. The van der Waals surface area contributed by atoms with E-state index in [2.05, 4.69) is 32.5 Å². The minimum atomic E-state index is 0.546. The summed E-state index contributed by atoms with van der Waals surface area (Å²) in [6.45, 7) is 5.31. The molecule has 0 aliphatic heterocycles. The van der Waals surface area contributed by atoms with Gasteiger partial charge in [-0.25, -0.2) is 9.97 Å². The maximum Gasteiger partial charge on any atom is 0.236 e. The van der Waals surface area contributed by atoms with E-state index in [1.165, 1.54) is 4.88 Å². The number of guanidine groups is 1. The highest BCUT2D eigenvalue weighted by atomic mass is 32.1. The molecule has 0 aliphatic carbocycles. The summed E-state index contributed by atoms with van der Waals surface area (Å²) >= 11 is 3.31. The van der Waals surface area contributed by atoms with Crippen LogP contribution < -0.4 is 10.6 Å². The minimum Gasteiger partial charge on any atom is -0.443 e. The van der Waals surface area contributed by atoms with Gasteiger partial charge in [0.05, 0.1) is 29.4 Å². The summed E-state index contributed by atoms with van der Waals surface area (Å²) in [5.41, 5.74) is 1.92. The van der Waals surface area contributed by atoms with Crippen LogP contribution in [0.1, 0.15) is 21.3 Å². The van der Waals surface area contributed by atoms with Gasteiger partial charge in [-0.3, -0.25) is 4.99 Å². The summed E-state index contributed by atoms with van der Waals surface area (Å²) in [5, 5.41) is 9.55. The standard InChI is InChI=1S/C16H19N5OS2/c1-10-11(2)24-14(20-10)8-19-16(17-3)18-7-12-9-22-15(21-12)13-5-4-6-23-13/h4-6,9H,7-8H2,1-3H3,(H2,17,18,19). The fourth-order valence-corrected chi connectivity index (χ4v) is 3.60. The molecular weight excluding hydrogens is 342 g/mol. The molecule has 0 saturated carbocycles. The van der Waals surface area contributed by atoms with Crippen LogP contribution in [0, 0.1) is 13.8 Å². The predicted molar refractivity (Wildman–Crippen MR) is 98.4 cm³/mol. The zero-order valence-corrected chi connectivity index (χ0v) is 15.4. The first-order valence-electron chi connectivity index (χ1n) is 7.51. The van der Waals surface area contributed by atoms with Crippen molar-refractivity contribution in [1.29, 1.82) is 0 Å². The molecule has 0 radical (unpaired) electrons. The molecule has 8 heteroatoms. The normalized spacial score (nSPS) is 11.7. The second-order valence-electron chi connectivity index (χ2n) is 5.15. The topological polar surface area (TPSA) is 75.3 Å². The van der Waals surface area contributed by atoms with Crippen LogP contribution >= 0.6 is 22.7 Å². The second-order valence-corrected chi connectivity index (χ2v) is 7.39. The van der Waals surface area contributed by atoms with Gasteiger partial charge in [-0.05, 0) is 25.3 Å². The molecule has 0 atom stereocenters. The fraction of sp³-hybridized carbons (Fsp3) is 0.312. The zero-order chi connectivity index (χ0) is 16.9. The Morgan fingerprint density at radius 1 is 1.25 bits per heavy atom. The van der Waals surface area contributed by atoms with Gasteiger partial charge in [0.2, 0.25) is 5.89 Å². The Labute approximate surface area is 148 Å². The number of nitrogens with one attached hydrogen (secondary N) is 2. The molecule has 0 saturated heterocycles. The Morgan fingerprint density at radius 2 is 2.08 bits per heavy atom. The maximum atomic E-state index is 5.51. The van der Waals surface area contributed by atoms with E-state index >= 15 is 0 Å². The van der Waals surface area contributed by atoms with Crippen molar-refractivity contribution in [1.82, 2.24) is 20.6 Å². The maximum absolute atomic E-state index is 5.51. The predicted octanol–water partition coefficient (Wildman–Crippen LogP) is 3.34. The fourth-order valence-electron chi connectivity index (χ4n) is 2.07. The van der Waals surface area contributed by atoms with Crippen LogP contribution in [0.4, 0.5) is 0 Å². The number of hydrogen-bond donors (Lipinski definition) is 2. The molecule has 0 bridgehead atoms. The lowest BCUT2D eigenvalue weighted by Crippen LogP contribution is -2.36. The van der Waals surface area contributed by atoms with Crippen LogP contribution in [-0.2, 0) is 13.1 Å².